The van der Waals surface area contributed by atoms with Crippen LogP contribution in [0.25, 0.3) is 0 Å². The number of fused-ring (bicyclic) bond motifs is 1. The number of hydrogen-bond acceptors (Lipinski definition) is 3. The summed E-state index contributed by atoms with van der Waals surface area (Å²) >= 11 is 0. The quantitative estimate of drug-likeness (QED) is 0.415. The van der Waals surface area contributed by atoms with Crippen molar-refractivity contribution >= 4 is 29.9 Å². The molecule has 0 amide bonds. The van der Waals surface area contributed by atoms with Gasteiger partial charge in [0.1, 0.15) is 0 Å². The summed E-state index contributed by atoms with van der Waals surface area (Å²) in [6, 6.07) is 6.73. The SMILES string of the molecule is CCNC(=NCC(C)(C)c1ccc2c(c1)OCO2)NC1CC1C.I. The number of ether oxygens (including phenoxy) is 2. The Morgan fingerprint density at radius 2 is 2.00 bits per heavy atom. The predicted octanol–water partition coefficient (Wildman–Crippen LogP) is 3.27. The maximum absolute atomic E-state index is 5.49. The molecule has 0 bridgehead atoms. The highest BCUT2D eigenvalue weighted by atomic mass is 127. The molecule has 1 aromatic rings. The van der Waals surface area contributed by atoms with Crippen LogP contribution in [0.2, 0.25) is 0 Å². The highest BCUT2D eigenvalue weighted by Crippen LogP contribution is 2.36. The van der Waals surface area contributed by atoms with Gasteiger partial charge in [0.05, 0.1) is 6.54 Å². The molecule has 24 heavy (non-hydrogen) atoms. The Morgan fingerprint density at radius 1 is 1.29 bits per heavy atom. The van der Waals surface area contributed by atoms with E-state index in [-0.39, 0.29) is 29.4 Å². The summed E-state index contributed by atoms with van der Waals surface area (Å²) in [4.78, 5) is 4.79. The first kappa shape index (κ1) is 19.1. The molecule has 1 fully saturated rings. The van der Waals surface area contributed by atoms with Crippen LogP contribution >= 0.6 is 24.0 Å². The molecule has 6 heteroatoms. The lowest BCUT2D eigenvalue weighted by atomic mass is 9.84. The Labute approximate surface area is 161 Å². The maximum Gasteiger partial charge on any atom is 0.231 e. The fourth-order valence-electron chi connectivity index (χ4n) is 2.70. The first-order chi connectivity index (χ1) is 11.0. The molecule has 2 aliphatic rings. The fraction of sp³-hybridized carbons (Fsp3) is 0.611. The maximum atomic E-state index is 5.49. The Morgan fingerprint density at radius 3 is 2.67 bits per heavy atom. The van der Waals surface area contributed by atoms with E-state index in [2.05, 4.69) is 50.5 Å². The van der Waals surface area contributed by atoms with Crippen molar-refractivity contribution in [3.63, 3.8) is 0 Å². The van der Waals surface area contributed by atoms with Crippen molar-refractivity contribution in [3.8, 4) is 11.5 Å². The smallest absolute Gasteiger partial charge is 0.231 e. The number of halogens is 1. The Kier molecular flexibility index (Phi) is 6.22. The van der Waals surface area contributed by atoms with Gasteiger partial charge < -0.3 is 20.1 Å². The third kappa shape index (κ3) is 4.46. The number of aliphatic imine (C=N–C) groups is 1. The van der Waals surface area contributed by atoms with Crippen LogP contribution in [0.5, 0.6) is 11.5 Å². The van der Waals surface area contributed by atoms with Gasteiger partial charge in [-0.3, -0.25) is 4.99 Å². The normalized spacial score (nSPS) is 21.9. The van der Waals surface area contributed by atoms with E-state index in [4.69, 9.17) is 14.5 Å². The van der Waals surface area contributed by atoms with E-state index in [1.165, 1.54) is 12.0 Å². The van der Waals surface area contributed by atoms with Crippen LogP contribution in [-0.4, -0.2) is 31.9 Å². The van der Waals surface area contributed by atoms with Gasteiger partial charge in [-0.2, -0.15) is 0 Å². The van der Waals surface area contributed by atoms with Gasteiger partial charge >= 0.3 is 0 Å². The zero-order chi connectivity index (χ0) is 16.4. The molecule has 134 valence electrons. The largest absolute Gasteiger partial charge is 0.454 e. The van der Waals surface area contributed by atoms with Crippen LogP contribution in [0.1, 0.15) is 39.7 Å². The molecule has 1 aromatic carbocycles. The molecule has 1 aliphatic carbocycles. The monoisotopic (exact) mass is 445 g/mol. The minimum absolute atomic E-state index is 0. The topological polar surface area (TPSA) is 54.9 Å². The molecule has 0 saturated heterocycles. The second-order valence-corrected chi connectivity index (χ2v) is 7.11. The van der Waals surface area contributed by atoms with E-state index in [9.17, 15) is 0 Å². The van der Waals surface area contributed by atoms with E-state index >= 15 is 0 Å². The minimum atomic E-state index is -0.0709. The molecular weight excluding hydrogens is 417 g/mol. The molecular formula is C18H28IN3O2. The minimum Gasteiger partial charge on any atom is -0.454 e. The summed E-state index contributed by atoms with van der Waals surface area (Å²) in [5.74, 6) is 3.32. The number of guanidine groups is 1. The van der Waals surface area contributed by atoms with Gasteiger partial charge in [-0.25, -0.2) is 0 Å². The van der Waals surface area contributed by atoms with Crippen LogP contribution in [0.4, 0.5) is 0 Å². The predicted molar refractivity (Wildman–Crippen MR) is 108 cm³/mol. The van der Waals surface area contributed by atoms with E-state index in [0.717, 1.165) is 29.9 Å². The zero-order valence-corrected chi connectivity index (χ0v) is 17.2. The van der Waals surface area contributed by atoms with Crippen molar-refractivity contribution in [3.05, 3.63) is 23.8 Å². The van der Waals surface area contributed by atoms with E-state index in [1.807, 2.05) is 6.07 Å². The third-order valence-electron chi connectivity index (χ3n) is 4.56. The lowest BCUT2D eigenvalue weighted by Crippen LogP contribution is -2.40. The number of hydrogen-bond donors (Lipinski definition) is 2. The Hall–Kier alpha value is -1.18. The van der Waals surface area contributed by atoms with Crippen LogP contribution in [0, 0.1) is 5.92 Å². The van der Waals surface area contributed by atoms with E-state index < -0.39 is 0 Å². The van der Waals surface area contributed by atoms with Gasteiger partial charge in [0.15, 0.2) is 17.5 Å². The molecule has 3 rings (SSSR count). The van der Waals surface area contributed by atoms with Crippen LogP contribution in [0.15, 0.2) is 23.2 Å². The standard InChI is InChI=1S/C18H27N3O2.HI/c1-5-19-17(21-14-8-12(14)2)20-10-18(3,4)13-6-7-15-16(9-13)23-11-22-15;/h6-7,9,12,14H,5,8,10-11H2,1-4H3,(H2,19,20,21);1H. The number of benzene rings is 1. The van der Waals surface area contributed by atoms with Gasteiger partial charge in [0, 0.05) is 18.0 Å². The van der Waals surface area contributed by atoms with Crippen molar-refractivity contribution in [1.29, 1.82) is 0 Å². The summed E-state index contributed by atoms with van der Waals surface area (Å²) in [6.07, 6.45) is 1.23. The van der Waals surface area contributed by atoms with Crippen molar-refractivity contribution in [1.82, 2.24) is 10.6 Å². The Bertz CT molecular complexity index is 604. The second kappa shape index (κ2) is 7.80. The molecule has 0 radical (unpaired) electrons. The van der Waals surface area contributed by atoms with Crippen LogP contribution < -0.4 is 20.1 Å². The molecule has 2 N–H and O–H groups in total. The average Bonchev–Trinajstić information content (AvgIpc) is 3.01. The summed E-state index contributed by atoms with van der Waals surface area (Å²) < 4.78 is 10.9. The van der Waals surface area contributed by atoms with E-state index in [0.29, 0.717) is 19.4 Å². The summed E-state index contributed by atoms with van der Waals surface area (Å²) in [5, 5.41) is 6.84. The van der Waals surface area contributed by atoms with Gasteiger partial charge in [0.25, 0.3) is 0 Å². The summed E-state index contributed by atoms with van der Waals surface area (Å²) in [7, 11) is 0. The van der Waals surface area contributed by atoms with Gasteiger partial charge in [-0.15, -0.1) is 24.0 Å². The zero-order valence-electron chi connectivity index (χ0n) is 14.9. The molecule has 5 nitrogen and oxygen atoms in total. The number of nitrogens with zero attached hydrogens (tertiary/aromatic N) is 1. The number of nitrogens with one attached hydrogen (secondary N) is 2. The molecule has 1 heterocycles. The van der Waals surface area contributed by atoms with Crippen LogP contribution in [-0.2, 0) is 5.41 Å². The molecule has 0 aromatic heterocycles. The molecule has 1 saturated carbocycles. The van der Waals surface area contributed by atoms with Crippen molar-refractivity contribution < 1.29 is 9.47 Å². The van der Waals surface area contributed by atoms with Gasteiger partial charge in [0.2, 0.25) is 6.79 Å². The van der Waals surface area contributed by atoms with Gasteiger partial charge in [-0.05, 0) is 37.0 Å². The highest BCUT2D eigenvalue weighted by Gasteiger charge is 2.33. The third-order valence-corrected chi connectivity index (χ3v) is 4.56. The van der Waals surface area contributed by atoms with Crippen molar-refractivity contribution in [2.75, 3.05) is 19.9 Å². The molecule has 0 spiro atoms. The molecule has 2 atom stereocenters. The van der Waals surface area contributed by atoms with Crippen molar-refractivity contribution in [2.45, 2.75) is 45.6 Å². The van der Waals surface area contributed by atoms with E-state index in [1.54, 1.807) is 0 Å². The first-order valence-corrected chi connectivity index (χ1v) is 8.44. The molecule has 1 aliphatic heterocycles. The lowest BCUT2D eigenvalue weighted by Gasteiger charge is -2.24. The molecule has 2 unspecified atom stereocenters. The second-order valence-electron chi connectivity index (χ2n) is 7.11. The van der Waals surface area contributed by atoms with Gasteiger partial charge in [-0.1, -0.05) is 26.8 Å². The first-order valence-electron chi connectivity index (χ1n) is 8.44. The Balaban J connectivity index is 0.00000208. The summed E-state index contributed by atoms with van der Waals surface area (Å²) in [5.41, 5.74) is 1.14. The van der Waals surface area contributed by atoms with Crippen molar-refractivity contribution in [2.24, 2.45) is 10.9 Å². The van der Waals surface area contributed by atoms with Crippen LogP contribution in [0.3, 0.4) is 0 Å². The average molecular weight is 445 g/mol. The lowest BCUT2D eigenvalue weighted by molar-refractivity contribution is 0.174. The summed E-state index contributed by atoms with van der Waals surface area (Å²) in [6.45, 7) is 10.7. The fourth-order valence-corrected chi connectivity index (χ4v) is 2.70. The number of rotatable bonds is 5. The highest BCUT2D eigenvalue weighted by molar-refractivity contribution is 14.0.